The zero-order valence-electron chi connectivity index (χ0n) is 22.2. The Balaban J connectivity index is 0.000000700. The van der Waals surface area contributed by atoms with E-state index in [2.05, 4.69) is 37.7 Å². The van der Waals surface area contributed by atoms with Gasteiger partial charge in [0.05, 0.1) is 0 Å². The molecule has 0 bridgehead atoms. The fourth-order valence-electron chi connectivity index (χ4n) is 3.96. The first-order valence-electron chi connectivity index (χ1n) is 13.7. The lowest BCUT2D eigenvalue weighted by atomic mass is 9.93. The number of hydrogen-bond donors (Lipinski definition) is 1. The predicted octanol–water partition coefficient (Wildman–Crippen LogP) is 11.1. The number of allylic oxidation sites excluding steroid dienone is 4. The van der Waals surface area contributed by atoms with Crippen LogP contribution in [0.25, 0.3) is 0 Å². The van der Waals surface area contributed by atoms with Crippen LogP contribution in [-0.4, -0.2) is 16.6 Å². The summed E-state index contributed by atoms with van der Waals surface area (Å²) < 4.78 is 0. The summed E-state index contributed by atoms with van der Waals surface area (Å²) in [6.07, 6.45) is 21.6. The second-order valence-corrected chi connectivity index (χ2v) is 11.4. The summed E-state index contributed by atoms with van der Waals surface area (Å²) in [7, 11) is 0. The lowest BCUT2D eigenvalue weighted by Crippen LogP contribution is -1.96. The molecular weight excluding hydrogens is 452 g/mol. The molecule has 0 aromatic heterocycles. The van der Waals surface area contributed by atoms with Gasteiger partial charge in [0, 0.05) is 0 Å². The van der Waals surface area contributed by atoms with E-state index >= 15 is 0 Å². The summed E-state index contributed by atoms with van der Waals surface area (Å²) in [5, 5.41) is 13.5. The third-order valence-electron chi connectivity index (χ3n) is 5.84. The molecule has 0 fully saturated rings. The molecule has 0 radical (unpaired) electrons. The molecule has 3 heteroatoms. The van der Waals surface area contributed by atoms with Gasteiger partial charge in [-0.05, 0) is 72.6 Å². The molecule has 192 valence electrons. The summed E-state index contributed by atoms with van der Waals surface area (Å²) >= 11 is 4.07. The summed E-state index contributed by atoms with van der Waals surface area (Å²) in [6, 6.07) is 8.71. The van der Waals surface area contributed by atoms with Crippen molar-refractivity contribution < 1.29 is 5.11 Å². The summed E-state index contributed by atoms with van der Waals surface area (Å²) in [4.78, 5) is 0. The highest BCUT2D eigenvalue weighted by Gasteiger charge is 2.09. The molecule has 0 unspecified atom stereocenters. The second-order valence-electron chi connectivity index (χ2n) is 9.43. The van der Waals surface area contributed by atoms with Crippen LogP contribution >= 0.6 is 23.5 Å². The second kappa shape index (κ2) is 22.4. The first-order valence-corrected chi connectivity index (χ1v) is 15.8. The Labute approximate surface area is 220 Å². The van der Waals surface area contributed by atoms with Gasteiger partial charge >= 0.3 is 0 Å². The van der Waals surface area contributed by atoms with Crippen LogP contribution in [0, 0.1) is 0 Å². The molecule has 0 saturated heterocycles. The number of thioether (sulfide) groups is 2. The quantitative estimate of drug-likeness (QED) is 0.227. The maximum Gasteiger partial charge on any atom is 0.115 e. The van der Waals surface area contributed by atoms with Crippen molar-refractivity contribution in [3.05, 3.63) is 63.9 Å². The molecule has 34 heavy (non-hydrogen) atoms. The minimum absolute atomic E-state index is 0.322. The zero-order valence-corrected chi connectivity index (χ0v) is 23.8. The van der Waals surface area contributed by atoms with Crippen molar-refractivity contribution in [3.63, 3.8) is 0 Å². The Bertz CT molecular complexity index is 691. The predicted molar refractivity (Wildman–Crippen MR) is 159 cm³/mol. The molecule has 0 saturated carbocycles. The Kier molecular flexibility index (Phi) is 20.4. The van der Waals surface area contributed by atoms with Crippen molar-refractivity contribution in [3.8, 4) is 5.75 Å². The van der Waals surface area contributed by atoms with Crippen molar-refractivity contribution in [2.45, 2.75) is 111 Å². The first kappa shape index (κ1) is 31.0. The molecule has 1 aliphatic rings. The van der Waals surface area contributed by atoms with Crippen LogP contribution in [0.2, 0.25) is 0 Å². The van der Waals surface area contributed by atoms with Gasteiger partial charge in [0.25, 0.3) is 0 Å². The Morgan fingerprint density at radius 2 is 1.24 bits per heavy atom. The van der Waals surface area contributed by atoms with E-state index in [4.69, 9.17) is 5.11 Å². The SMILES string of the molecule is CCCCCCCCSC=C1C=C(C)CC(=CSCCCCCCCC)C1.Oc1ccccc1. The van der Waals surface area contributed by atoms with Crippen molar-refractivity contribution in [2.75, 3.05) is 11.5 Å². The van der Waals surface area contributed by atoms with E-state index in [1.165, 1.54) is 113 Å². The van der Waals surface area contributed by atoms with Crippen molar-refractivity contribution in [1.29, 1.82) is 0 Å². The van der Waals surface area contributed by atoms with Gasteiger partial charge in [-0.15, -0.1) is 23.5 Å². The van der Waals surface area contributed by atoms with Gasteiger partial charge in [-0.1, -0.05) is 113 Å². The minimum atomic E-state index is 0.322. The van der Waals surface area contributed by atoms with Gasteiger partial charge in [0.2, 0.25) is 0 Å². The van der Waals surface area contributed by atoms with Gasteiger partial charge in [0.1, 0.15) is 5.75 Å². The van der Waals surface area contributed by atoms with E-state index in [-0.39, 0.29) is 0 Å². The summed E-state index contributed by atoms with van der Waals surface area (Å²) in [5.41, 5.74) is 4.68. The van der Waals surface area contributed by atoms with E-state index in [9.17, 15) is 0 Å². The molecule has 2 rings (SSSR count). The van der Waals surface area contributed by atoms with Crippen LogP contribution in [0.5, 0.6) is 5.75 Å². The lowest BCUT2D eigenvalue weighted by Gasteiger charge is -2.16. The highest BCUT2D eigenvalue weighted by Crippen LogP contribution is 2.30. The fraction of sp³-hybridized carbons (Fsp3) is 0.613. The first-order chi connectivity index (χ1) is 16.7. The maximum absolute atomic E-state index is 8.63. The van der Waals surface area contributed by atoms with Crippen LogP contribution in [-0.2, 0) is 0 Å². The lowest BCUT2D eigenvalue weighted by molar-refractivity contribution is 0.475. The topological polar surface area (TPSA) is 20.2 Å². The van der Waals surface area contributed by atoms with E-state index in [1.807, 2.05) is 29.6 Å². The van der Waals surface area contributed by atoms with Gasteiger partial charge in [-0.2, -0.15) is 0 Å². The number of para-hydroxylation sites is 1. The molecule has 1 aliphatic carbocycles. The maximum atomic E-state index is 8.63. The van der Waals surface area contributed by atoms with Crippen LogP contribution in [0.3, 0.4) is 0 Å². The van der Waals surface area contributed by atoms with Crippen LogP contribution in [0.4, 0.5) is 0 Å². The summed E-state index contributed by atoms with van der Waals surface area (Å²) in [5.74, 6) is 2.90. The molecule has 0 heterocycles. The van der Waals surface area contributed by atoms with Crippen molar-refractivity contribution >= 4 is 23.5 Å². The fourth-order valence-corrected chi connectivity index (χ4v) is 5.71. The van der Waals surface area contributed by atoms with Gasteiger partial charge < -0.3 is 5.11 Å². The molecule has 0 spiro atoms. The number of rotatable bonds is 16. The number of phenolic OH excluding ortho intramolecular Hbond substituents is 1. The van der Waals surface area contributed by atoms with Crippen molar-refractivity contribution in [1.82, 2.24) is 0 Å². The van der Waals surface area contributed by atoms with Crippen LogP contribution < -0.4 is 0 Å². The van der Waals surface area contributed by atoms with E-state index in [0.29, 0.717) is 5.75 Å². The zero-order chi connectivity index (χ0) is 24.7. The standard InChI is InChI=1S/C25H44S2.C6H6O/c1-4-6-8-10-12-14-16-26-21-24-18-23(3)19-25(20-24)22-27-17-15-13-11-9-7-5-2;7-6-4-2-1-3-5-6/h18,21-22H,4-17,19-20H2,1-3H3;1-5,7H. The smallest absolute Gasteiger partial charge is 0.115 e. The Hall–Kier alpha value is -1.06. The number of unbranched alkanes of at least 4 members (excludes halogenated alkanes) is 10. The molecule has 1 N–H and O–H groups in total. The number of hydrogen-bond acceptors (Lipinski definition) is 3. The largest absolute Gasteiger partial charge is 0.508 e. The van der Waals surface area contributed by atoms with Crippen LogP contribution in [0.15, 0.2) is 63.9 Å². The third kappa shape index (κ3) is 18.3. The highest BCUT2D eigenvalue weighted by molar-refractivity contribution is 8.02. The number of benzene rings is 1. The average Bonchev–Trinajstić information content (AvgIpc) is 2.83. The van der Waals surface area contributed by atoms with E-state index < -0.39 is 0 Å². The van der Waals surface area contributed by atoms with Gasteiger partial charge in [0.15, 0.2) is 0 Å². The summed E-state index contributed by atoms with van der Waals surface area (Å²) in [6.45, 7) is 6.87. The number of aromatic hydroxyl groups is 1. The molecular formula is C31H50OS2. The van der Waals surface area contributed by atoms with Crippen molar-refractivity contribution in [2.24, 2.45) is 0 Å². The monoisotopic (exact) mass is 502 g/mol. The molecule has 0 amide bonds. The number of phenols is 1. The average molecular weight is 503 g/mol. The molecule has 0 aliphatic heterocycles. The molecule has 0 atom stereocenters. The molecule has 1 nitrogen and oxygen atoms in total. The Morgan fingerprint density at radius 3 is 1.76 bits per heavy atom. The van der Waals surface area contributed by atoms with E-state index in [1.54, 1.807) is 29.8 Å². The molecule has 1 aromatic rings. The highest BCUT2D eigenvalue weighted by atomic mass is 32.2. The minimum Gasteiger partial charge on any atom is -0.508 e. The Morgan fingerprint density at radius 1 is 0.706 bits per heavy atom. The van der Waals surface area contributed by atoms with E-state index in [0.717, 1.165) is 0 Å². The third-order valence-corrected chi connectivity index (χ3v) is 7.86. The van der Waals surface area contributed by atoms with Gasteiger partial charge in [-0.3, -0.25) is 0 Å². The van der Waals surface area contributed by atoms with Gasteiger partial charge in [-0.25, -0.2) is 0 Å². The molecule has 1 aromatic carbocycles. The normalized spacial score (nSPS) is 15.8. The van der Waals surface area contributed by atoms with Crippen LogP contribution in [0.1, 0.15) is 111 Å².